The highest BCUT2D eigenvalue weighted by molar-refractivity contribution is 7.88. The molecule has 0 radical (unpaired) electrons. The summed E-state index contributed by atoms with van der Waals surface area (Å²) in [4.78, 5) is 22.1. The highest BCUT2D eigenvalue weighted by atomic mass is 32.2. The smallest absolute Gasteiger partial charge is 0.421 e. The lowest BCUT2D eigenvalue weighted by molar-refractivity contribution is -0.144. The molecule has 116 valence electrons. The van der Waals surface area contributed by atoms with E-state index < -0.39 is 28.2 Å². The molecule has 0 bridgehead atoms. The van der Waals surface area contributed by atoms with Gasteiger partial charge in [0.2, 0.25) is 0 Å². The second kappa shape index (κ2) is 7.44. The Morgan fingerprint density at radius 3 is 2.55 bits per heavy atom. The van der Waals surface area contributed by atoms with Gasteiger partial charge in [0, 0.05) is 6.54 Å². The highest BCUT2D eigenvalue weighted by Gasteiger charge is 2.31. The van der Waals surface area contributed by atoms with Gasteiger partial charge in [0.1, 0.15) is 0 Å². The monoisotopic (exact) mass is 308 g/mol. The Bertz CT molecular complexity index is 450. The summed E-state index contributed by atoms with van der Waals surface area (Å²) in [7, 11) is -4.02. The predicted octanol–water partition coefficient (Wildman–Crippen LogP) is 0.458. The molecule has 20 heavy (non-hydrogen) atoms. The van der Waals surface area contributed by atoms with Crippen LogP contribution in [0.5, 0.6) is 0 Å². The molecule has 0 aromatic rings. The molecular weight excluding hydrogens is 288 g/mol. The number of hydrogen-bond acceptors (Lipinski definition) is 5. The van der Waals surface area contributed by atoms with Crippen molar-refractivity contribution in [3.05, 3.63) is 0 Å². The third-order valence-corrected chi connectivity index (χ3v) is 4.24. The summed E-state index contributed by atoms with van der Waals surface area (Å²) in [5.41, 5.74) is 0. The van der Waals surface area contributed by atoms with Crippen LogP contribution in [0, 0.1) is 11.8 Å². The van der Waals surface area contributed by atoms with Gasteiger partial charge in [0.05, 0.1) is 12.5 Å². The van der Waals surface area contributed by atoms with Gasteiger partial charge in [-0.05, 0) is 25.7 Å². The maximum absolute atomic E-state index is 11.6. The molecule has 1 aliphatic rings. The van der Waals surface area contributed by atoms with Crippen LogP contribution in [0.1, 0.15) is 32.6 Å². The first-order valence-corrected chi connectivity index (χ1v) is 8.01. The molecule has 0 saturated heterocycles. The minimum absolute atomic E-state index is 0.00823. The van der Waals surface area contributed by atoms with Crippen molar-refractivity contribution in [2.45, 2.75) is 32.6 Å². The first kappa shape index (κ1) is 16.7. The second-order valence-corrected chi connectivity index (χ2v) is 6.16. The van der Waals surface area contributed by atoms with Gasteiger partial charge in [0.15, 0.2) is 0 Å². The number of carboxylic acid groups (broad SMARTS) is 1. The fourth-order valence-corrected chi connectivity index (χ4v) is 3.08. The minimum Gasteiger partial charge on any atom is -0.481 e. The molecule has 1 saturated carbocycles. The molecule has 8 nitrogen and oxygen atoms in total. The van der Waals surface area contributed by atoms with E-state index in [1.807, 2.05) is 0 Å². The van der Waals surface area contributed by atoms with E-state index in [9.17, 15) is 18.0 Å². The van der Waals surface area contributed by atoms with Crippen LogP contribution in [-0.4, -0.2) is 38.7 Å². The zero-order valence-electron chi connectivity index (χ0n) is 11.3. The number of nitrogens with one attached hydrogen (secondary N) is 2. The summed E-state index contributed by atoms with van der Waals surface area (Å²) in [5.74, 6) is -1.72. The molecule has 0 spiro atoms. The zero-order chi connectivity index (χ0) is 15.2. The predicted molar refractivity (Wildman–Crippen MR) is 70.2 cm³/mol. The first-order valence-electron chi connectivity index (χ1n) is 6.52. The second-order valence-electron chi connectivity index (χ2n) is 4.66. The average molecular weight is 308 g/mol. The number of carbonyl (C=O) groups excluding carboxylic acids is 1. The Morgan fingerprint density at radius 2 is 1.95 bits per heavy atom. The molecule has 0 aromatic carbocycles. The summed E-state index contributed by atoms with van der Waals surface area (Å²) in [6.07, 6.45) is 1.85. The number of hydrogen-bond donors (Lipinski definition) is 3. The molecule has 2 atom stereocenters. The topological polar surface area (TPSA) is 122 Å². The Hall–Kier alpha value is -1.35. The lowest BCUT2D eigenvalue weighted by atomic mass is 9.79. The number of carbonyl (C=O) groups is 2. The van der Waals surface area contributed by atoms with Crippen molar-refractivity contribution in [1.29, 1.82) is 0 Å². The number of aliphatic carboxylic acids is 1. The van der Waals surface area contributed by atoms with Gasteiger partial charge in [-0.15, -0.1) is 0 Å². The molecule has 0 heterocycles. The van der Waals surface area contributed by atoms with Crippen molar-refractivity contribution in [2.24, 2.45) is 11.8 Å². The van der Waals surface area contributed by atoms with Crippen LogP contribution in [0.25, 0.3) is 0 Å². The van der Waals surface area contributed by atoms with Gasteiger partial charge in [-0.2, -0.15) is 13.1 Å². The Balaban J connectivity index is 2.51. The lowest BCUT2D eigenvalue weighted by Crippen LogP contribution is -2.44. The van der Waals surface area contributed by atoms with Gasteiger partial charge < -0.3 is 9.84 Å². The Morgan fingerprint density at radius 1 is 1.30 bits per heavy atom. The van der Waals surface area contributed by atoms with Gasteiger partial charge in [-0.3, -0.25) is 4.79 Å². The van der Waals surface area contributed by atoms with E-state index >= 15 is 0 Å². The largest absolute Gasteiger partial charge is 0.481 e. The van der Waals surface area contributed by atoms with E-state index in [1.165, 1.54) is 0 Å². The number of ether oxygens (including phenoxy) is 1. The SMILES string of the molecule is CCOC(=O)NS(=O)(=O)NCC1CCCCC1C(=O)O. The van der Waals surface area contributed by atoms with E-state index in [-0.39, 0.29) is 19.1 Å². The van der Waals surface area contributed by atoms with Crippen molar-refractivity contribution < 1.29 is 27.9 Å². The van der Waals surface area contributed by atoms with Crippen molar-refractivity contribution in [3.63, 3.8) is 0 Å². The van der Waals surface area contributed by atoms with Crippen molar-refractivity contribution >= 4 is 22.3 Å². The van der Waals surface area contributed by atoms with Gasteiger partial charge >= 0.3 is 22.3 Å². The number of rotatable bonds is 6. The third kappa shape index (κ3) is 5.33. The molecule has 2 unspecified atom stereocenters. The highest BCUT2D eigenvalue weighted by Crippen LogP contribution is 2.29. The molecule has 1 aliphatic carbocycles. The van der Waals surface area contributed by atoms with Crippen molar-refractivity contribution in [2.75, 3.05) is 13.2 Å². The van der Waals surface area contributed by atoms with Crippen LogP contribution in [0.3, 0.4) is 0 Å². The van der Waals surface area contributed by atoms with Gasteiger partial charge in [0.25, 0.3) is 0 Å². The molecule has 9 heteroatoms. The van der Waals surface area contributed by atoms with E-state index in [4.69, 9.17) is 5.11 Å². The Labute approximate surface area is 118 Å². The summed E-state index contributed by atoms with van der Waals surface area (Å²) in [6.45, 7) is 1.61. The van der Waals surface area contributed by atoms with Crippen molar-refractivity contribution in [1.82, 2.24) is 9.44 Å². The average Bonchev–Trinajstić information content (AvgIpc) is 2.36. The van der Waals surface area contributed by atoms with Crippen LogP contribution in [0.2, 0.25) is 0 Å². The summed E-state index contributed by atoms with van der Waals surface area (Å²) < 4.78 is 31.5. The molecule has 0 aromatic heterocycles. The summed E-state index contributed by atoms with van der Waals surface area (Å²) >= 11 is 0. The standard InChI is InChI=1S/C11H20N2O6S/c1-2-19-11(16)13-20(17,18)12-7-8-5-3-4-6-9(8)10(14)15/h8-9,12H,2-7H2,1H3,(H,13,16)(H,14,15). The molecule has 0 aliphatic heterocycles. The maximum atomic E-state index is 11.6. The van der Waals surface area contributed by atoms with E-state index in [2.05, 4.69) is 9.46 Å². The Kier molecular flexibility index (Phi) is 6.21. The van der Waals surface area contributed by atoms with E-state index in [1.54, 1.807) is 11.6 Å². The van der Waals surface area contributed by atoms with Crippen LogP contribution < -0.4 is 9.44 Å². The zero-order valence-corrected chi connectivity index (χ0v) is 12.1. The van der Waals surface area contributed by atoms with Gasteiger partial charge in [-0.25, -0.2) is 9.52 Å². The molecule has 1 rings (SSSR count). The van der Waals surface area contributed by atoms with Crippen LogP contribution in [0.15, 0.2) is 0 Å². The van der Waals surface area contributed by atoms with Gasteiger partial charge in [-0.1, -0.05) is 12.8 Å². The minimum atomic E-state index is -4.02. The number of carboxylic acids is 1. The van der Waals surface area contributed by atoms with E-state index in [0.29, 0.717) is 12.8 Å². The van der Waals surface area contributed by atoms with Crippen LogP contribution >= 0.6 is 0 Å². The quantitative estimate of drug-likeness (QED) is 0.655. The first-order chi connectivity index (χ1) is 9.35. The molecule has 3 N–H and O–H groups in total. The fourth-order valence-electron chi connectivity index (χ4n) is 2.30. The molecular formula is C11H20N2O6S. The molecule has 1 amide bonds. The van der Waals surface area contributed by atoms with Crippen LogP contribution in [-0.2, 0) is 19.7 Å². The summed E-state index contributed by atoms with van der Waals surface area (Å²) in [6, 6.07) is 0. The van der Waals surface area contributed by atoms with E-state index in [0.717, 1.165) is 12.8 Å². The van der Waals surface area contributed by atoms with Crippen LogP contribution in [0.4, 0.5) is 4.79 Å². The fraction of sp³-hybridized carbons (Fsp3) is 0.818. The number of amides is 1. The summed E-state index contributed by atoms with van der Waals surface area (Å²) in [5, 5.41) is 9.09. The van der Waals surface area contributed by atoms with Crippen molar-refractivity contribution in [3.8, 4) is 0 Å². The lowest BCUT2D eigenvalue weighted by Gasteiger charge is -2.28. The third-order valence-electron chi connectivity index (χ3n) is 3.25. The molecule has 1 fully saturated rings. The maximum Gasteiger partial charge on any atom is 0.421 e. The normalized spacial score (nSPS) is 23.1.